The molecular formula is C28H29ClFNO5. The molecule has 2 aliphatic rings. The van der Waals surface area contributed by atoms with Crippen molar-refractivity contribution < 1.29 is 28.2 Å². The Morgan fingerprint density at radius 2 is 1.83 bits per heavy atom. The summed E-state index contributed by atoms with van der Waals surface area (Å²) in [7, 11) is 3.13. The van der Waals surface area contributed by atoms with Crippen LogP contribution >= 0.6 is 11.6 Å². The molecule has 0 fully saturated rings. The standard InChI is InChI=1S/C28H29ClFNO5/c1-14(2)36-28(33)24-15(3)31-20-11-17(16-9-10-22(34-4)23(13-16)35-5)12-21(32)26(20)27(24)25-18(29)7-6-8-19(25)30/h6-10,13-14,17,27,31H,11-12H2,1-5H3/t17-,27-/m1/s1. The molecule has 8 heteroatoms. The number of dihydropyridines is 1. The van der Waals surface area contributed by atoms with Crippen LogP contribution in [0.2, 0.25) is 5.02 Å². The molecule has 1 N–H and O–H groups in total. The van der Waals surface area contributed by atoms with Gasteiger partial charge in [0.1, 0.15) is 5.82 Å². The fourth-order valence-corrected chi connectivity index (χ4v) is 5.28. The lowest BCUT2D eigenvalue weighted by Crippen LogP contribution is -2.37. The molecule has 36 heavy (non-hydrogen) atoms. The molecule has 2 atom stereocenters. The predicted molar refractivity (Wildman–Crippen MR) is 135 cm³/mol. The van der Waals surface area contributed by atoms with Gasteiger partial charge in [-0.05, 0) is 62.9 Å². The molecule has 4 rings (SSSR count). The molecule has 0 spiro atoms. The normalized spacial score (nSPS) is 19.7. The zero-order valence-electron chi connectivity index (χ0n) is 20.9. The SMILES string of the molecule is COc1ccc([C@H]2CC(=O)C3=C(C2)NC(C)=C(C(=O)OC(C)C)[C@@H]3c2c(F)cccc2Cl)cc1OC. The van der Waals surface area contributed by atoms with Gasteiger partial charge in [-0.25, -0.2) is 9.18 Å². The average Bonchev–Trinajstić information content (AvgIpc) is 2.82. The summed E-state index contributed by atoms with van der Waals surface area (Å²) in [6.45, 7) is 5.20. The number of hydrogen-bond acceptors (Lipinski definition) is 6. The van der Waals surface area contributed by atoms with E-state index < -0.39 is 17.7 Å². The van der Waals surface area contributed by atoms with Crippen LogP contribution in [0.4, 0.5) is 4.39 Å². The van der Waals surface area contributed by atoms with Gasteiger partial charge in [0.05, 0.1) is 31.8 Å². The van der Waals surface area contributed by atoms with Gasteiger partial charge in [0, 0.05) is 34.0 Å². The van der Waals surface area contributed by atoms with Crippen molar-refractivity contribution >= 4 is 23.4 Å². The molecule has 1 aliphatic heterocycles. The first-order chi connectivity index (χ1) is 17.2. The number of rotatable bonds is 6. The van der Waals surface area contributed by atoms with Crippen molar-refractivity contribution in [3.63, 3.8) is 0 Å². The van der Waals surface area contributed by atoms with Crippen LogP contribution in [0.25, 0.3) is 0 Å². The third-order valence-corrected chi connectivity index (χ3v) is 6.89. The number of nitrogens with one attached hydrogen (secondary N) is 1. The number of carbonyl (C=O) groups is 2. The number of allylic oxidation sites excluding steroid dienone is 3. The van der Waals surface area contributed by atoms with Gasteiger partial charge < -0.3 is 19.5 Å². The molecule has 2 aromatic rings. The molecule has 2 aromatic carbocycles. The minimum atomic E-state index is -0.972. The van der Waals surface area contributed by atoms with Crippen molar-refractivity contribution in [3.8, 4) is 11.5 Å². The smallest absolute Gasteiger partial charge is 0.337 e. The Balaban J connectivity index is 1.82. The van der Waals surface area contributed by atoms with Crippen molar-refractivity contribution in [1.29, 1.82) is 0 Å². The third-order valence-electron chi connectivity index (χ3n) is 6.56. The van der Waals surface area contributed by atoms with Crippen molar-refractivity contribution in [2.75, 3.05) is 14.2 Å². The highest BCUT2D eigenvalue weighted by molar-refractivity contribution is 6.31. The summed E-state index contributed by atoms with van der Waals surface area (Å²) in [5.74, 6) is -1.32. The van der Waals surface area contributed by atoms with Gasteiger partial charge in [-0.2, -0.15) is 0 Å². The monoisotopic (exact) mass is 513 g/mol. The van der Waals surface area contributed by atoms with Gasteiger partial charge >= 0.3 is 5.97 Å². The molecule has 0 saturated heterocycles. The average molecular weight is 514 g/mol. The number of esters is 1. The van der Waals surface area contributed by atoms with Crippen LogP contribution in [0.3, 0.4) is 0 Å². The maximum absolute atomic E-state index is 15.2. The Kier molecular flexibility index (Phi) is 7.41. The van der Waals surface area contributed by atoms with E-state index in [1.165, 1.54) is 12.1 Å². The van der Waals surface area contributed by atoms with Gasteiger partial charge in [0.25, 0.3) is 0 Å². The molecule has 1 heterocycles. The van der Waals surface area contributed by atoms with E-state index in [-0.39, 0.29) is 40.4 Å². The first-order valence-corrected chi connectivity index (χ1v) is 12.1. The Hall–Kier alpha value is -3.32. The fourth-order valence-electron chi connectivity index (χ4n) is 5.00. The van der Waals surface area contributed by atoms with E-state index in [4.69, 9.17) is 25.8 Å². The van der Waals surface area contributed by atoms with E-state index in [0.717, 1.165) is 5.56 Å². The van der Waals surface area contributed by atoms with Crippen LogP contribution in [0.15, 0.2) is 58.9 Å². The predicted octanol–water partition coefficient (Wildman–Crippen LogP) is 5.81. The highest BCUT2D eigenvalue weighted by Crippen LogP contribution is 2.48. The lowest BCUT2D eigenvalue weighted by Gasteiger charge is -2.37. The van der Waals surface area contributed by atoms with Crippen LogP contribution < -0.4 is 14.8 Å². The van der Waals surface area contributed by atoms with Crippen LogP contribution in [-0.2, 0) is 14.3 Å². The molecular weight excluding hydrogens is 485 g/mol. The zero-order chi connectivity index (χ0) is 26.1. The Morgan fingerprint density at radius 3 is 2.47 bits per heavy atom. The summed E-state index contributed by atoms with van der Waals surface area (Å²) >= 11 is 6.46. The van der Waals surface area contributed by atoms with Gasteiger partial charge in [0.15, 0.2) is 17.3 Å². The largest absolute Gasteiger partial charge is 0.493 e. The van der Waals surface area contributed by atoms with Gasteiger partial charge in [-0.1, -0.05) is 23.7 Å². The first-order valence-electron chi connectivity index (χ1n) is 11.8. The van der Waals surface area contributed by atoms with Crippen molar-refractivity contribution in [2.24, 2.45) is 0 Å². The topological polar surface area (TPSA) is 73.9 Å². The Bertz CT molecular complexity index is 1260. The van der Waals surface area contributed by atoms with E-state index in [0.29, 0.717) is 34.9 Å². The molecule has 0 unspecified atom stereocenters. The summed E-state index contributed by atoms with van der Waals surface area (Å²) in [6, 6.07) is 9.92. The number of carbonyl (C=O) groups excluding carboxylic acids is 2. The molecule has 0 saturated carbocycles. The maximum atomic E-state index is 15.2. The van der Waals surface area contributed by atoms with Crippen LogP contribution in [0, 0.1) is 5.82 Å². The highest BCUT2D eigenvalue weighted by Gasteiger charge is 2.43. The minimum Gasteiger partial charge on any atom is -0.493 e. The lowest BCUT2D eigenvalue weighted by molar-refractivity contribution is -0.143. The minimum absolute atomic E-state index is 0.0983. The molecule has 1 aliphatic carbocycles. The number of halogens is 2. The molecule has 0 aromatic heterocycles. The van der Waals surface area contributed by atoms with Crippen LogP contribution in [0.5, 0.6) is 11.5 Å². The van der Waals surface area contributed by atoms with Gasteiger partial charge in [-0.3, -0.25) is 4.79 Å². The van der Waals surface area contributed by atoms with E-state index in [1.807, 2.05) is 18.2 Å². The second kappa shape index (κ2) is 10.3. The van der Waals surface area contributed by atoms with Gasteiger partial charge in [0.2, 0.25) is 0 Å². The second-order valence-corrected chi connectivity index (χ2v) is 9.63. The van der Waals surface area contributed by atoms with E-state index in [9.17, 15) is 9.59 Å². The molecule has 0 bridgehead atoms. The van der Waals surface area contributed by atoms with Crippen molar-refractivity contribution in [3.05, 3.63) is 80.9 Å². The molecule has 6 nitrogen and oxygen atoms in total. The number of hydrogen-bond donors (Lipinski definition) is 1. The highest BCUT2D eigenvalue weighted by atomic mass is 35.5. The summed E-state index contributed by atoms with van der Waals surface area (Å²) in [4.78, 5) is 26.9. The number of benzene rings is 2. The Morgan fingerprint density at radius 1 is 1.11 bits per heavy atom. The molecule has 190 valence electrons. The summed E-state index contributed by atoms with van der Waals surface area (Å²) in [6.07, 6.45) is 0.286. The maximum Gasteiger partial charge on any atom is 0.337 e. The van der Waals surface area contributed by atoms with Crippen molar-refractivity contribution in [2.45, 2.75) is 51.6 Å². The van der Waals surface area contributed by atoms with Crippen LogP contribution in [0.1, 0.15) is 56.6 Å². The fraction of sp³-hybridized carbons (Fsp3) is 0.357. The molecule has 0 radical (unpaired) electrons. The van der Waals surface area contributed by atoms with E-state index in [1.54, 1.807) is 41.1 Å². The second-order valence-electron chi connectivity index (χ2n) is 9.22. The van der Waals surface area contributed by atoms with E-state index >= 15 is 4.39 Å². The van der Waals surface area contributed by atoms with E-state index in [2.05, 4.69) is 5.32 Å². The lowest BCUT2D eigenvalue weighted by atomic mass is 9.71. The number of ether oxygens (including phenoxy) is 3. The van der Waals surface area contributed by atoms with Crippen molar-refractivity contribution in [1.82, 2.24) is 5.32 Å². The summed E-state index contributed by atoms with van der Waals surface area (Å²) in [5, 5.41) is 3.40. The number of Topliss-reactive ketones (excluding diaryl/α,β-unsaturated/α-hetero) is 1. The van der Waals surface area contributed by atoms with Gasteiger partial charge in [-0.15, -0.1) is 0 Å². The quantitative estimate of drug-likeness (QED) is 0.491. The third kappa shape index (κ3) is 4.72. The summed E-state index contributed by atoms with van der Waals surface area (Å²) in [5.41, 5.74) is 2.70. The zero-order valence-corrected chi connectivity index (χ0v) is 21.7. The summed E-state index contributed by atoms with van der Waals surface area (Å²) < 4.78 is 31.5. The first kappa shape index (κ1) is 25.8. The van der Waals surface area contributed by atoms with Crippen LogP contribution in [-0.4, -0.2) is 32.1 Å². The Labute approximate surface area is 215 Å². The molecule has 0 amide bonds. The number of ketones is 1. The number of methoxy groups -OCH3 is 2.